The molecule has 2 atom stereocenters. The molecule has 0 radical (unpaired) electrons. The maximum atomic E-state index is 13.8. The van der Waals surface area contributed by atoms with Crippen molar-refractivity contribution in [3.8, 4) is 6.07 Å². The third kappa shape index (κ3) is 7.21. The van der Waals surface area contributed by atoms with E-state index in [1.165, 1.54) is 37.7 Å². The molecule has 2 aliphatic heterocycles. The number of hydrogen-bond donors (Lipinski definition) is 1. The van der Waals surface area contributed by atoms with E-state index in [0.29, 0.717) is 57.1 Å². The van der Waals surface area contributed by atoms with Crippen molar-refractivity contribution in [1.29, 1.82) is 5.26 Å². The molecular weight excluding hydrogens is 488 g/mol. The van der Waals surface area contributed by atoms with Crippen molar-refractivity contribution in [2.75, 3.05) is 39.4 Å². The molecule has 1 N–H and O–H groups in total. The van der Waals surface area contributed by atoms with Gasteiger partial charge in [0.15, 0.2) is 0 Å². The predicted molar refractivity (Wildman–Crippen MR) is 151 cm³/mol. The van der Waals surface area contributed by atoms with Crippen molar-refractivity contribution in [3.05, 3.63) is 35.9 Å². The number of nitrogens with one attached hydrogen (secondary N) is 1. The van der Waals surface area contributed by atoms with E-state index in [4.69, 9.17) is 4.74 Å². The summed E-state index contributed by atoms with van der Waals surface area (Å²) in [7, 11) is 0. The minimum atomic E-state index is -0.847. The van der Waals surface area contributed by atoms with Crippen molar-refractivity contribution in [1.82, 2.24) is 15.1 Å². The van der Waals surface area contributed by atoms with Gasteiger partial charge in [-0.1, -0.05) is 49.6 Å². The van der Waals surface area contributed by atoms with Crippen LogP contribution in [0.4, 0.5) is 0 Å². The van der Waals surface area contributed by atoms with E-state index in [2.05, 4.69) is 46.6 Å². The van der Waals surface area contributed by atoms with E-state index in [1.807, 2.05) is 4.90 Å². The largest absolute Gasteiger partial charge is 0.378 e. The highest BCUT2D eigenvalue weighted by atomic mass is 16.5. The summed E-state index contributed by atoms with van der Waals surface area (Å²) in [5, 5.41) is 13.4. The average Bonchev–Trinajstić information content (AvgIpc) is 3.43. The van der Waals surface area contributed by atoms with Gasteiger partial charge < -0.3 is 15.0 Å². The molecule has 5 rings (SSSR count). The van der Waals surface area contributed by atoms with E-state index in [0.717, 1.165) is 38.6 Å². The summed E-state index contributed by atoms with van der Waals surface area (Å²) >= 11 is 0. The lowest BCUT2D eigenvalue weighted by Crippen LogP contribution is -2.53. The minimum Gasteiger partial charge on any atom is -0.378 e. The molecule has 2 aliphatic carbocycles. The van der Waals surface area contributed by atoms with Gasteiger partial charge in [0.1, 0.15) is 5.54 Å². The highest BCUT2D eigenvalue weighted by molar-refractivity contribution is 5.86. The van der Waals surface area contributed by atoms with E-state index in [1.54, 1.807) is 0 Å². The van der Waals surface area contributed by atoms with Crippen LogP contribution >= 0.6 is 0 Å². The lowest BCUT2D eigenvalue weighted by Gasteiger charge is -2.34. The zero-order valence-corrected chi connectivity index (χ0v) is 23.5. The molecule has 4 aliphatic rings. The predicted octanol–water partition coefficient (Wildman–Crippen LogP) is 4.63. The van der Waals surface area contributed by atoms with Crippen LogP contribution in [0.3, 0.4) is 0 Å². The van der Waals surface area contributed by atoms with Gasteiger partial charge in [-0.2, -0.15) is 5.26 Å². The number of benzene rings is 1. The molecule has 2 heterocycles. The highest BCUT2D eigenvalue weighted by Crippen LogP contribution is 2.39. The maximum absolute atomic E-state index is 13.8. The van der Waals surface area contributed by atoms with E-state index < -0.39 is 11.5 Å². The molecule has 7 nitrogen and oxygen atoms in total. The number of ether oxygens (including phenoxy) is 1. The summed E-state index contributed by atoms with van der Waals surface area (Å²) in [6.07, 6.45) is 12.2. The second kappa shape index (κ2) is 13.3. The van der Waals surface area contributed by atoms with Gasteiger partial charge in [0.05, 0.1) is 19.3 Å². The molecule has 0 bridgehead atoms. The first-order chi connectivity index (χ1) is 19.0. The molecule has 0 unspecified atom stereocenters. The normalized spacial score (nSPS) is 29.5. The maximum Gasteiger partial charge on any atom is 0.224 e. The minimum absolute atomic E-state index is 0.0395. The molecule has 0 spiro atoms. The SMILES string of the molecule is N#C[C@@]1(NC(=O)[C@@H](CC(=O)N2CCOCC2)CC2CCC(c3ccccc3)CC2)CCN(C2CCCCC2)C1. The van der Waals surface area contributed by atoms with E-state index in [-0.39, 0.29) is 18.2 Å². The number of carbonyl (C=O) groups is 2. The van der Waals surface area contributed by atoms with E-state index in [9.17, 15) is 14.9 Å². The number of hydrogen-bond acceptors (Lipinski definition) is 5. The van der Waals surface area contributed by atoms with Crippen LogP contribution in [0.5, 0.6) is 0 Å². The number of amides is 2. The first-order valence-corrected chi connectivity index (χ1v) is 15.4. The summed E-state index contributed by atoms with van der Waals surface area (Å²) < 4.78 is 5.43. The van der Waals surface area contributed by atoms with Gasteiger partial charge in [-0.25, -0.2) is 0 Å². The van der Waals surface area contributed by atoms with Crippen LogP contribution in [0.15, 0.2) is 30.3 Å². The molecule has 2 saturated heterocycles. The Hall–Kier alpha value is -2.43. The molecule has 212 valence electrons. The summed E-state index contributed by atoms with van der Waals surface area (Å²) in [6.45, 7) is 3.76. The summed E-state index contributed by atoms with van der Waals surface area (Å²) in [6, 6.07) is 13.8. The molecule has 4 fully saturated rings. The number of nitriles is 1. The fourth-order valence-electron chi connectivity index (χ4n) is 7.45. The van der Waals surface area contributed by atoms with Crippen molar-refractivity contribution in [2.45, 2.75) is 94.5 Å². The first-order valence-electron chi connectivity index (χ1n) is 15.4. The Balaban J connectivity index is 1.23. The molecule has 39 heavy (non-hydrogen) atoms. The number of nitrogens with zero attached hydrogens (tertiary/aromatic N) is 3. The first kappa shape index (κ1) is 28.1. The molecule has 0 aromatic heterocycles. The van der Waals surface area contributed by atoms with Crippen molar-refractivity contribution in [2.24, 2.45) is 11.8 Å². The van der Waals surface area contributed by atoms with Gasteiger partial charge in [0.2, 0.25) is 11.8 Å². The van der Waals surface area contributed by atoms with Crippen LogP contribution in [-0.4, -0.2) is 72.6 Å². The van der Waals surface area contributed by atoms with Gasteiger partial charge in [-0.05, 0) is 68.8 Å². The lowest BCUT2D eigenvalue weighted by molar-refractivity contribution is -0.140. The van der Waals surface area contributed by atoms with E-state index >= 15 is 0 Å². The quantitative estimate of drug-likeness (QED) is 0.526. The van der Waals surface area contributed by atoms with Crippen LogP contribution in [-0.2, 0) is 14.3 Å². The van der Waals surface area contributed by atoms with Gasteiger partial charge in [-0.3, -0.25) is 14.5 Å². The Bertz CT molecular complexity index is 990. The Kier molecular flexibility index (Phi) is 9.57. The van der Waals surface area contributed by atoms with Gasteiger partial charge in [0, 0.05) is 44.6 Å². The second-order valence-corrected chi connectivity index (χ2v) is 12.5. The third-order valence-corrected chi connectivity index (χ3v) is 9.86. The zero-order valence-electron chi connectivity index (χ0n) is 23.5. The molecule has 1 aromatic carbocycles. The van der Waals surface area contributed by atoms with Crippen LogP contribution < -0.4 is 5.32 Å². The fraction of sp³-hybridized carbons (Fsp3) is 0.719. The zero-order chi connectivity index (χ0) is 27.1. The average molecular weight is 535 g/mol. The smallest absolute Gasteiger partial charge is 0.224 e. The monoisotopic (exact) mass is 534 g/mol. The molecule has 1 aromatic rings. The van der Waals surface area contributed by atoms with Crippen molar-refractivity contribution >= 4 is 11.8 Å². The Morgan fingerprint density at radius 1 is 1.00 bits per heavy atom. The Morgan fingerprint density at radius 3 is 2.41 bits per heavy atom. The van der Waals surface area contributed by atoms with Crippen LogP contribution in [0.1, 0.15) is 88.5 Å². The topological polar surface area (TPSA) is 85.7 Å². The standard InChI is InChI=1S/C32H46N4O3/c33-23-32(15-16-36(24-32)29-9-5-2-6-10-29)34-31(38)28(22-30(37)35-17-19-39-20-18-35)21-25-11-13-27(14-12-25)26-7-3-1-4-8-26/h1,3-4,7-8,25,27-29H,2,5-6,9-22,24H2,(H,34,38)/t25?,27?,28-,32+/m1/s1. The Labute approximate surface area is 234 Å². The van der Waals surface area contributed by atoms with Crippen molar-refractivity contribution < 1.29 is 14.3 Å². The molecular formula is C32H46N4O3. The van der Waals surface area contributed by atoms with Crippen LogP contribution in [0, 0.1) is 23.2 Å². The summed E-state index contributed by atoms with van der Waals surface area (Å²) in [4.78, 5) is 31.4. The number of morpholine rings is 1. The highest BCUT2D eigenvalue weighted by Gasteiger charge is 2.43. The third-order valence-electron chi connectivity index (χ3n) is 9.86. The fourth-order valence-corrected chi connectivity index (χ4v) is 7.45. The molecule has 2 saturated carbocycles. The van der Waals surface area contributed by atoms with Gasteiger partial charge in [0.25, 0.3) is 0 Å². The lowest BCUT2D eigenvalue weighted by atomic mass is 9.75. The number of carbonyl (C=O) groups excluding carboxylic acids is 2. The number of likely N-dealkylation sites (tertiary alicyclic amines) is 1. The number of rotatable bonds is 8. The Morgan fingerprint density at radius 2 is 1.72 bits per heavy atom. The van der Waals surface area contributed by atoms with Crippen LogP contribution in [0.25, 0.3) is 0 Å². The van der Waals surface area contributed by atoms with Gasteiger partial charge in [-0.15, -0.1) is 0 Å². The second-order valence-electron chi connectivity index (χ2n) is 12.5. The molecule has 7 heteroatoms. The van der Waals surface area contributed by atoms with Gasteiger partial charge >= 0.3 is 0 Å². The van der Waals surface area contributed by atoms with Crippen molar-refractivity contribution in [3.63, 3.8) is 0 Å². The summed E-state index contributed by atoms with van der Waals surface area (Å²) in [5.74, 6) is 0.550. The molecule has 2 amide bonds. The van der Waals surface area contributed by atoms with Crippen LogP contribution in [0.2, 0.25) is 0 Å². The summed E-state index contributed by atoms with van der Waals surface area (Å²) in [5.41, 5.74) is 0.562.